The number of ether oxygens (including phenoxy) is 2. The van der Waals surface area contributed by atoms with Gasteiger partial charge in [-0.25, -0.2) is 9.59 Å². The quantitative estimate of drug-likeness (QED) is 0.485. The maximum Gasteiger partial charge on any atom is 0.433 e. The summed E-state index contributed by atoms with van der Waals surface area (Å²) in [6.45, 7) is 3.60. The number of esters is 1. The predicted octanol–water partition coefficient (Wildman–Crippen LogP) is 0.569. The second kappa shape index (κ2) is 7.14. The highest BCUT2D eigenvalue weighted by atomic mass is 16.7. The van der Waals surface area contributed by atoms with Crippen molar-refractivity contribution < 1.29 is 23.9 Å². The van der Waals surface area contributed by atoms with Crippen LogP contribution in [0, 0.1) is 0 Å². The number of nitrogens with zero attached hydrogens (tertiary/aromatic N) is 1. The summed E-state index contributed by atoms with van der Waals surface area (Å²) < 4.78 is 9.20. The van der Waals surface area contributed by atoms with Gasteiger partial charge in [0.2, 0.25) is 0 Å². The summed E-state index contributed by atoms with van der Waals surface area (Å²) in [6, 6.07) is 0. The summed E-state index contributed by atoms with van der Waals surface area (Å²) in [4.78, 5) is 26.5. The van der Waals surface area contributed by atoms with Gasteiger partial charge in [0.25, 0.3) is 0 Å². The molecule has 0 saturated heterocycles. The van der Waals surface area contributed by atoms with Crippen molar-refractivity contribution in [3.8, 4) is 0 Å². The van der Waals surface area contributed by atoms with Gasteiger partial charge in [0.1, 0.15) is 0 Å². The van der Waals surface area contributed by atoms with E-state index >= 15 is 0 Å². The SMILES string of the molecule is CCOC(=O)CON(C)C(=O)OCC. The minimum atomic E-state index is -0.642. The first kappa shape index (κ1) is 12.7. The van der Waals surface area contributed by atoms with E-state index in [1.807, 2.05) is 0 Å². The molecule has 0 aliphatic heterocycles. The molecule has 0 aliphatic rings. The van der Waals surface area contributed by atoms with E-state index in [4.69, 9.17) is 4.84 Å². The number of hydroxylamine groups is 2. The standard InChI is InChI=1S/C8H15NO5/c1-4-12-7(10)6-14-9(3)8(11)13-5-2/h4-6H2,1-3H3. The smallest absolute Gasteiger partial charge is 0.433 e. The van der Waals surface area contributed by atoms with Crippen LogP contribution in [0.2, 0.25) is 0 Å². The Hall–Kier alpha value is -1.30. The Kier molecular flexibility index (Phi) is 6.47. The Labute approximate surface area is 82.7 Å². The molecule has 6 nitrogen and oxygen atoms in total. The number of rotatable bonds is 5. The minimum Gasteiger partial charge on any atom is -0.464 e. The lowest BCUT2D eigenvalue weighted by molar-refractivity contribution is -0.168. The molecule has 0 N–H and O–H groups in total. The van der Waals surface area contributed by atoms with Crippen LogP contribution < -0.4 is 0 Å². The Morgan fingerprint density at radius 2 is 1.71 bits per heavy atom. The molecule has 1 amide bonds. The van der Waals surface area contributed by atoms with Crippen LogP contribution in [0.3, 0.4) is 0 Å². The minimum absolute atomic E-state index is 0.256. The van der Waals surface area contributed by atoms with Crippen LogP contribution in [0.4, 0.5) is 4.79 Å². The van der Waals surface area contributed by atoms with Crippen molar-refractivity contribution in [3.05, 3.63) is 0 Å². The number of amides is 1. The Bertz CT molecular complexity index is 194. The highest BCUT2D eigenvalue weighted by molar-refractivity contribution is 5.71. The predicted molar refractivity (Wildman–Crippen MR) is 47.4 cm³/mol. The van der Waals surface area contributed by atoms with E-state index in [0.29, 0.717) is 0 Å². The van der Waals surface area contributed by atoms with Gasteiger partial charge >= 0.3 is 12.1 Å². The van der Waals surface area contributed by atoms with Crippen molar-refractivity contribution in [2.24, 2.45) is 0 Å². The zero-order valence-corrected chi connectivity index (χ0v) is 8.61. The van der Waals surface area contributed by atoms with E-state index in [9.17, 15) is 9.59 Å². The summed E-state index contributed by atoms with van der Waals surface area (Å²) >= 11 is 0. The Morgan fingerprint density at radius 1 is 1.14 bits per heavy atom. The topological polar surface area (TPSA) is 65.1 Å². The van der Waals surface area contributed by atoms with Gasteiger partial charge in [-0.1, -0.05) is 0 Å². The molecule has 0 saturated carbocycles. The molecule has 0 heterocycles. The van der Waals surface area contributed by atoms with Crippen LogP contribution in [-0.2, 0) is 19.1 Å². The van der Waals surface area contributed by atoms with E-state index < -0.39 is 12.1 Å². The molecule has 0 aromatic carbocycles. The van der Waals surface area contributed by atoms with Crippen LogP contribution >= 0.6 is 0 Å². The van der Waals surface area contributed by atoms with E-state index in [2.05, 4.69) is 9.47 Å². The third-order valence-corrected chi connectivity index (χ3v) is 1.21. The molecule has 6 heteroatoms. The molecule has 0 unspecified atom stereocenters. The first-order chi connectivity index (χ1) is 6.61. The van der Waals surface area contributed by atoms with Crippen molar-refractivity contribution in [2.75, 3.05) is 26.9 Å². The highest BCUT2D eigenvalue weighted by Gasteiger charge is 2.12. The highest BCUT2D eigenvalue weighted by Crippen LogP contribution is 1.92. The first-order valence-corrected chi connectivity index (χ1v) is 4.30. The maximum atomic E-state index is 10.9. The normalized spacial score (nSPS) is 9.36. The third kappa shape index (κ3) is 5.36. The van der Waals surface area contributed by atoms with Gasteiger partial charge in [-0.05, 0) is 13.8 Å². The molecule has 0 spiro atoms. The molecule has 0 rings (SSSR count). The lowest BCUT2D eigenvalue weighted by Crippen LogP contribution is -2.30. The Balaban J connectivity index is 3.67. The van der Waals surface area contributed by atoms with Crippen molar-refractivity contribution >= 4 is 12.1 Å². The zero-order valence-electron chi connectivity index (χ0n) is 8.61. The number of hydrogen-bond acceptors (Lipinski definition) is 5. The van der Waals surface area contributed by atoms with Crippen LogP contribution in [-0.4, -0.2) is 44.0 Å². The van der Waals surface area contributed by atoms with Gasteiger partial charge < -0.3 is 9.47 Å². The van der Waals surface area contributed by atoms with E-state index in [1.165, 1.54) is 7.05 Å². The lowest BCUT2D eigenvalue weighted by Gasteiger charge is -2.14. The fourth-order valence-electron chi connectivity index (χ4n) is 0.619. The fraction of sp³-hybridized carbons (Fsp3) is 0.750. The van der Waals surface area contributed by atoms with Gasteiger partial charge in [-0.15, -0.1) is 0 Å². The second-order valence-corrected chi connectivity index (χ2v) is 2.27. The van der Waals surface area contributed by atoms with Crippen LogP contribution in [0.15, 0.2) is 0 Å². The molecule has 0 bridgehead atoms. The Morgan fingerprint density at radius 3 is 2.21 bits per heavy atom. The molecule has 0 aliphatic carbocycles. The van der Waals surface area contributed by atoms with E-state index in [1.54, 1.807) is 13.8 Å². The van der Waals surface area contributed by atoms with Crippen molar-refractivity contribution in [3.63, 3.8) is 0 Å². The fourth-order valence-corrected chi connectivity index (χ4v) is 0.619. The van der Waals surface area contributed by atoms with Crippen molar-refractivity contribution in [1.82, 2.24) is 5.06 Å². The summed E-state index contributed by atoms with van der Waals surface area (Å²) in [6.07, 6.45) is -0.642. The summed E-state index contributed by atoms with van der Waals surface area (Å²) in [5.74, 6) is -0.524. The number of carbonyl (C=O) groups is 2. The zero-order chi connectivity index (χ0) is 11.0. The van der Waals surface area contributed by atoms with Crippen molar-refractivity contribution in [1.29, 1.82) is 0 Å². The first-order valence-electron chi connectivity index (χ1n) is 4.30. The van der Waals surface area contributed by atoms with Gasteiger partial charge in [0.05, 0.1) is 13.2 Å². The van der Waals surface area contributed by atoms with Crippen LogP contribution in [0.5, 0.6) is 0 Å². The molecule has 0 aromatic heterocycles. The van der Waals surface area contributed by atoms with Crippen molar-refractivity contribution in [2.45, 2.75) is 13.8 Å². The van der Waals surface area contributed by atoms with Crippen LogP contribution in [0.1, 0.15) is 13.8 Å². The number of hydrogen-bond donors (Lipinski definition) is 0. The molecular weight excluding hydrogens is 190 g/mol. The summed E-state index contributed by atoms with van der Waals surface area (Å²) in [5, 5.41) is 0.848. The molecule has 0 fully saturated rings. The third-order valence-electron chi connectivity index (χ3n) is 1.21. The number of carbonyl (C=O) groups excluding carboxylic acids is 2. The molecule has 0 radical (unpaired) electrons. The van der Waals surface area contributed by atoms with Gasteiger partial charge in [-0.3, -0.25) is 4.84 Å². The molecule has 14 heavy (non-hydrogen) atoms. The van der Waals surface area contributed by atoms with Crippen LogP contribution in [0.25, 0.3) is 0 Å². The monoisotopic (exact) mass is 205 g/mol. The molecule has 82 valence electrons. The van der Waals surface area contributed by atoms with Gasteiger partial charge in [-0.2, -0.15) is 5.06 Å². The van der Waals surface area contributed by atoms with Gasteiger partial charge in [0.15, 0.2) is 6.61 Å². The summed E-state index contributed by atoms with van der Waals surface area (Å²) in [5.41, 5.74) is 0. The van der Waals surface area contributed by atoms with E-state index in [0.717, 1.165) is 5.06 Å². The van der Waals surface area contributed by atoms with E-state index in [-0.39, 0.29) is 19.8 Å². The molecule has 0 atom stereocenters. The second-order valence-electron chi connectivity index (χ2n) is 2.27. The van der Waals surface area contributed by atoms with Gasteiger partial charge in [0, 0.05) is 7.05 Å². The maximum absolute atomic E-state index is 10.9. The average Bonchev–Trinajstić information content (AvgIpc) is 2.15. The lowest BCUT2D eigenvalue weighted by atomic mass is 10.7. The molecule has 0 aromatic rings. The average molecular weight is 205 g/mol. The summed E-state index contributed by atoms with van der Waals surface area (Å²) in [7, 11) is 1.36. The largest absolute Gasteiger partial charge is 0.464 e. The molecular formula is C8H15NO5.